The number of para-hydroxylation sites is 1. The molecule has 1 saturated carbocycles. The van der Waals surface area contributed by atoms with E-state index in [4.69, 9.17) is 0 Å². The summed E-state index contributed by atoms with van der Waals surface area (Å²) in [5.41, 5.74) is 0.893. The van der Waals surface area contributed by atoms with E-state index < -0.39 is 5.25 Å². The Bertz CT molecular complexity index is 916. The highest BCUT2D eigenvalue weighted by atomic mass is 32.2. The van der Waals surface area contributed by atoms with Crippen molar-refractivity contribution in [1.82, 2.24) is 15.2 Å². The van der Waals surface area contributed by atoms with Crippen LogP contribution in [0.15, 0.2) is 41.9 Å². The molecule has 1 N–H and O–H groups in total. The van der Waals surface area contributed by atoms with Gasteiger partial charge < -0.3 is 5.32 Å². The Morgan fingerprint density at radius 3 is 2.86 bits per heavy atom. The lowest BCUT2D eigenvalue weighted by Gasteiger charge is -2.23. The molecule has 1 saturated heterocycles. The molecule has 29 heavy (non-hydrogen) atoms. The van der Waals surface area contributed by atoms with Crippen LogP contribution in [0.4, 0.5) is 5.13 Å². The van der Waals surface area contributed by atoms with Crippen LogP contribution in [0.5, 0.6) is 0 Å². The summed E-state index contributed by atoms with van der Waals surface area (Å²) in [6, 6.07) is 8.11. The van der Waals surface area contributed by atoms with E-state index in [0.29, 0.717) is 16.8 Å². The third-order valence-corrected chi connectivity index (χ3v) is 7.25. The quantitative estimate of drug-likeness (QED) is 0.698. The second kappa shape index (κ2) is 9.09. The maximum absolute atomic E-state index is 12.9. The lowest BCUT2D eigenvalue weighted by atomic mass is 9.95. The monoisotopic (exact) mass is 428 g/mol. The van der Waals surface area contributed by atoms with Crippen molar-refractivity contribution in [3.63, 3.8) is 0 Å². The fourth-order valence-electron chi connectivity index (χ4n) is 3.71. The number of rotatable bonds is 6. The van der Waals surface area contributed by atoms with Gasteiger partial charge in [0.1, 0.15) is 5.25 Å². The van der Waals surface area contributed by atoms with E-state index in [1.54, 1.807) is 11.0 Å². The van der Waals surface area contributed by atoms with Gasteiger partial charge in [0.15, 0.2) is 5.17 Å². The first-order valence-corrected chi connectivity index (χ1v) is 11.7. The van der Waals surface area contributed by atoms with E-state index in [-0.39, 0.29) is 24.3 Å². The van der Waals surface area contributed by atoms with Gasteiger partial charge in [-0.05, 0) is 25.0 Å². The average molecular weight is 429 g/mol. The predicted molar refractivity (Wildman–Crippen MR) is 120 cm³/mol. The van der Waals surface area contributed by atoms with Crippen LogP contribution in [0.2, 0.25) is 0 Å². The van der Waals surface area contributed by atoms with Crippen molar-refractivity contribution in [3.8, 4) is 0 Å². The highest BCUT2D eigenvalue weighted by Gasteiger charge is 2.39. The first-order valence-electron chi connectivity index (χ1n) is 9.96. The first-order chi connectivity index (χ1) is 14.1. The lowest BCUT2D eigenvalue weighted by Crippen LogP contribution is -2.39. The highest BCUT2D eigenvalue weighted by Crippen LogP contribution is 2.34. The molecule has 4 rings (SSSR count). The summed E-state index contributed by atoms with van der Waals surface area (Å²) in [6.45, 7) is 4.12. The topological polar surface area (TPSA) is 74.7 Å². The molecule has 2 aliphatic rings. The molecule has 8 heteroatoms. The number of amides is 2. The molecule has 0 radical (unpaired) electrons. The molecule has 1 atom stereocenters. The SMILES string of the molecule is C=CCN1C(=O)C(CC(=O)NC2CCCCC2)SC1=Nc1nc2ccccc2s1. The van der Waals surface area contributed by atoms with Crippen LogP contribution < -0.4 is 5.32 Å². The smallest absolute Gasteiger partial charge is 0.242 e. The number of carbonyl (C=O) groups is 2. The number of fused-ring (bicyclic) bond motifs is 1. The minimum Gasteiger partial charge on any atom is -0.353 e. The van der Waals surface area contributed by atoms with Crippen LogP contribution in [-0.4, -0.2) is 44.7 Å². The predicted octanol–water partition coefficient (Wildman–Crippen LogP) is 4.25. The lowest BCUT2D eigenvalue weighted by molar-refractivity contribution is -0.129. The standard InChI is InChI=1S/C21H24N4O2S2/c1-2-12-25-19(27)17(13-18(26)22-14-8-4-3-5-9-14)29-21(25)24-20-23-15-10-6-7-11-16(15)28-20/h2,6-7,10-11,14,17H,1,3-5,8-9,12-13H2,(H,22,26). The molecule has 0 spiro atoms. The van der Waals surface area contributed by atoms with Crippen LogP contribution >= 0.6 is 23.1 Å². The van der Waals surface area contributed by atoms with Gasteiger partial charge in [-0.3, -0.25) is 14.5 Å². The summed E-state index contributed by atoms with van der Waals surface area (Å²) in [4.78, 5) is 36.1. The summed E-state index contributed by atoms with van der Waals surface area (Å²) >= 11 is 2.84. The van der Waals surface area contributed by atoms with Gasteiger partial charge in [-0.1, -0.05) is 60.6 Å². The summed E-state index contributed by atoms with van der Waals surface area (Å²) in [6.07, 6.45) is 7.48. The molecular weight excluding hydrogens is 404 g/mol. The van der Waals surface area contributed by atoms with Crippen molar-refractivity contribution in [3.05, 3.63) is 36.9 Å². The molecular formula is C21H24N4O2S2. The van der Waals surface area contributed by atoms with E-state index >= 15 is 0 Å². The Morgan fingerprint density at radius 1 is 1.31 bits per heavy atom. The fourth-order valence-corrected chi connectivity index (χ4v) is 5.76. The van der Waals surface area contributed by atoms with Crippen molar-refractivity contribution in [2.24, 2.45) is 4.99 Å². The Labute approximate surface area is 178 Å². The summed E-state index contributed by atoms with van der Waals surface area (Å²) in [5, 5.41) is 3.85. The van der Waals surface area contributed by atoms with Crippen LogP contribution in [0.25, 0.3) is 10.2 Å². The van der Waals surface area contributed by atoms with Crippen molar-refractivity contribution >= 4 is 55.4 Å². The molecule has 0 bridgehead atoms. The zero-order chi connectivity index (χ0) is 20.2. The van der Waals surface area contributed by atoms with Gasteiger partial charge in [0.2, 0.25) is 16.9 Å². The molecule has 1 aliphatic heterocycles. The maximum atomic E-state index is 12.9. The number of nitrogens with zero attached hydrogens (tertiary/aromatic N) is 3. The Morgan fingerprint density at radius 2 is 2.10 bits per heavy atom. The van der Waals surface area contributed by atoms with Gasteiger partial charge >= 0.3 is 0 Å². The van der Waals surface area contributed by atoms with E-state index in [9.17, 15) is 9.59 Å². The number of thiazole rings is 1. The number of hydrogen-bond acceptors (Lipinski definition) is 6. The van der Waals surface area contributed by atoms with E-state index in [1.807, 2.05) is 24.3 Å². The second-order valence-electron chi connectivity index (χ2n) is 7.31. The van der Waals surface area contributed by atoms with Crippen molar-refractivity contribution < 1.29 is 9.59 Å². The molecule has 2 fully saturated rings. The molecule has 1 aromatic carbocycles. The van der Waals surface area contributed by atoms with Crippen molar-refractivity contribution in [2.45, 2.75) is 49.8 Å². The number of hydrogen-bond donors (Lipinski definition) is 1. The number of thioether (sulfide) groups is 1. The van der Waals surface area contributed by atoms with Gasteiger partial charge in [-0.25, -0.2) is 4.98 Å². The Kier molecular flexibility index (Phi) is 6.30. The summed E-state index contributed by atoms with van der Waals surface area (Å²) < 4.78 is 1.06. The third-order valence-electron chi connectivity index (χ3n) is 5.15. The molecule has 2 heterocycles. The summed E-state index contributed by atoms with van der Waals surface area (Å²) in [7, 11) is 0. The third kappa shape index (κ3) is 4.70. The number of nitrogens with one attached hydrogen (secondary N) is 1. The second-order valence-corrected chi connectivity index (χ2v) is 9.49. The van der Waals surface area contributed by atoms with Gasteiger partial charge in [-0.15, -0.1) is 6.58 Å². The molecule has 1 aromatic heterocycles. The minimum absolute atomic E-state index is 0.0532. The fraction of sp³-hybridized carbons (Fsp3) is 0.429. The Hall–Kier alpha value is -2.19. The number of carbonyl (C=O) groups excluding carboxylic acids is 2. The number of aromatic nitrogens is 1. The maximum Gasteiger partial charge on any atom is 0.242 e. The Balaban J connectivity index is 1.48. The van der Waals surface area contributed by atoms with Crippen LogP contribution in [0.1, 0.15) is 38.5 Å². The highest BCUT2D eigenvalue weighted by molar-refractivity contribution is 8.15. The molecule has 2 amide bonds. The first kappa shape index (κ1) is 20.1. The van der Waals surface area contributed by atoms with Crippen LogP contribution in [0, 0.1) is 0 Å². The molecule has 6 nitrogen and oxygen atoms in total. The van der Waals surface area contributed by atoms with Crippen molar-refractivity contribution in [2.75, 3.05) is 6.54 Å². The van der Waals surface area contributed by atoms with Crippen LogP contribution in [0.3, 0.4) is 0 Å². The van der Waals surface area contributed by atoms with Gasteiger partial charge in [0, 0.05) is 19.0 Å². The minimum atomic E-state index is -0.452. The average Bonchev–Trinajstić information content (AvgIpc) is 3.25. The van der Waals surface area contributed by atoms with Gasteiger partial charge in [0.05, 0.1) is 10.2 Å². The zero-order valence-corrected chi connectivity index (χ0v) is 17.8. The largest absolute Gasteiger partial charge is 0.353 e. The van der Waals surface area contributed by atoms with E-state index in [0.717, 1.165) is 35.9 Å². The normalized spacial score (nSPS) is 21.8. The zero-order valence-electron chi connectivity index (χ0n) is 16.2. The molecule has 2 aromatic rings. The van der Waals surface area contributed by atoms with Gasteiger partial charge in [0.25, 0.3) is 0 Å². The number of aliphatic imine (C=N–C) groups is 1. The molecule has 1 aliphatic carbocycles. The van der Waals surface area contributed by atoms with E-state index in [2.05, 4.69) is 21.9 Å². The number of benzene rings is 1. The summed E-state index contributed by atoms with van der Waals surface area (Å²) in [5.74, 6) is -0.143. The van der Waals surface area contributed by atoms with Gasteiger partial charge in [-0.2, -0.15) is 4.99 Å². The number of amidine groups is 1. The van der Waals surface area contributed by atoms with Crippen molar-refractivity contribution in [1.29, 1.82) is 0 Å². The van der Waals surface area contributed by atoms with Crippen LogP contribution in [-0.2, 0) is 9.59 Å². The molecule has 1 unspecified atom stereocenters. The van der Waals surface area contributed by atoms with E-state index in [1.165, 1.54) is 29.5 Å². The molecule has 152 valence electrons.